The Bertz CT molecular complexity index is 871. The second-order valence-corrected chi connectivity index (χ2v) is 9.19. The molecule has 0 heterocycles. The predicted molar refractivity (Wildman–Crippen MR) is 101 cm³/mol. The molecule has 0 radical (unpaired) electrons. The highest BCUT2D eigenvalue weighted by molar-refractivity contribution is 7.86. The monoisotopic (exact) mass is 379 g/mol. The fourth-order valence-corrected chi connectivity index (χ4v) is 4.34. The fraction of sp³-hybridized carbons (Fsp3) is 0.389. The first-order chi connectivity index (χ1) is 11.9. The zero-order valence-electron chi connectivity index (χ0n) is 15.6. The molecule has 0 aliphatic heterocycles. The second-order valence-electron chi connectivity index (χ2n) is 7.02. The van der Waals surface area contributed by atoms with Gasteiger partial charge in [0, 0.05) is 38.0 Å². The van der Waals surface area contributed by atoms with Crippen LogP contribution in [-0.2, 0) is 15.0 Å². The third-order valence-corrected chi connectivity index (χ3v) is 6.56. The summed E-state index contributed by atoms with van der Waals surface area (Å²) in [5.74, 6) is -2.19. The molecule has 1 aliphatic rings. The van der Waals surface area contributed by atoms with E-state index >= 15 is 0 Å². The van der Waals surface area contributed by atoms with Gasteiger partial charge in [0.1, 0.15) is 5.92 Å². The number of nitrogens with zero attached hydrogens (tertiary/aromatic N) is 2. The van der Waals surface area contributed by atoms with Gasteiger partial charge in [0.25, 0.3) is 0 Å². The number of carboxylic acids is 1. The van der Waals surface area contributed by atoms with E-state index in [2.05, 4.69) is 0 Å². The maximum atomic E-state index is 12.5. The van der Waals surface area contributed by atoms with Crippen molar-refractivity contribution < 1.29 is 18.3 Å². The maximum absolute atomic E-state index is 12.5. The number of hydrogen-bond acceptors (Lipinski definition) is 4. The molecule has 1 atom stereocenters. The van der Waals surface area contributed by atoms with Crippen molar-refractivity contribution in [2.45, 2.75) is 13.8 Å². The van der Waals surface area contributed by atoms with Gasteiger partial charge < -0.3 is 10.8 Å². The van der Waals surface area contributed by atoms with Crippen LogP contribution < -0.4 is 5.73 Å². The van der Waals surface area contributed by atoms with Crippen LogP contribution in [0, 0.1) is 11.3 Å². The van der Waals surface area contributed by atoms with E-state index in [9.17, 15) is 18.3 Å². The molecule has 1 aromatic carbocycles. The lowest BCUT2D eigenvalue weighted by Gasteiger charge is -2.42. The summed E-state index contributed by atoms with van der Waals surface area (Å²) < 4.78 is 27.1. The minimum Gasteiger partial charge on any atom is -0.481 e. The standard InChI is InChI=1S/C18H25N3O4S/c1-18(2)15(12-9-7-6-8-10-12)13(19)11-14(16(18)17(22)23)21(5)26(24,25)20(3)4/h6-11,16H,19H2,1-5H3,(H,22,23). The minimum atomic E-state index is -3.84. The Morgan fingerprint density at radius 1 is 1.15 bits per heavy atom. The molecule has 1 unspecified atom stereocenters. The van der Waals surface area contributed by atoms with E-state index in [0.717, 1.165) is 14.2 Å². The third-order valence-electron chi connectivity index (χ3n) is 4.73. The van der Waals surface area contributed by atoms with Gasteiger partial charge in [-0.05, 0) is 17.2 Å². The molecule has 3 N–H and O–H groups in total. The summed E-state index contributed by atoms with van der Waals surface area (Å²) in [5, 5.41) is 9.91. The summed E-state index contributed by atoms with van der Waals surface area (Å²) in [5.41, 5.74) is 7.34. The van der Waals surface area contributed by atoms with Crippen molar-refractivity contribution in [3.05, 3.63) is 53.4 Å². The Labute approximate surface area is 154 Å². The van der Waals surface area contributed by atoms with Gasteiger partial charge in [-0.15, -0.1) is 0 Å². The van der Waals surface area contributed by atoms with Gasteiger partial charge in [-0.1, -0.05) is 44.2 Å². The van der Waals surface area contributed by atoms with Crippen LogP contribution in [0.1, 0.15) is 19.4 Å². The SMILES string of the molecule is CN(C)S(=O)(=O)N(C)C1=CC(N)=C(c2ccccc2)C(C)(C)C1C(=O)O. The van der Waals surface area contributed by atoms with E-state index in [1.54, 1.807) is 13.8 Å². The van der Waals surface area contributed by atoms with Gasteiger partial charge in [0.2, 0.25) is 0 Å². The average Bonchev–Trinajstić information content (AvgIpc) is 2.52. The lowest BCUT2D eigenvalue weighted by Crippen LogP contribution is -2.46. The normalized spacial score (nSPS) is 20.1. The highest BCUT2D eigenvalue weighted by atomic mass is 32.2. The van der Waals surface area contributed by atoms with E-state index in [1.165, 1.54) is 27.2 Å². The minimum absolute atomic E-state index is 0.133. The molecule has 1 aliphatic carbocycles. The molecule has 1 aromatic rings. The van der Waals surface area contributed by atoms with Crippen LogP contribution in [0.4, 0.5) is 0 Å². The first kappa shape index (κ1) is 20.0. The molecule has 0 saturated heterocycles. The Morgan fingerprint density at radius 3 is 2.15 bits per heavy atom. The molecular formula is C18H25N3O4S. The quantitative estimate of drug-likeness (QED) is 0.811. The van der Waals surface area contributed by atoms with Crippen molar-refractivity contribution in [2.75, 3.05) is 21.1 Å². The molecule has 0 spiro atoms. The van der Waals surface area contributed by atoms with Crippen LogP contribution in [0.15, 0.2) is 47.8 Å². The summed E-state index contributed by atoms with van der Waals surface area (Å²) in [7, 11) is 0.287. The first-order valence-corrected chi connectivity index (χ1v) is 9.48. The zero-order chi connectivity index (χ0) is 19.9. The van der Waals surface area contributed by atoms with Crippen LogP contribution in [0.5, 0.6) is 0 Å². The van der Waals surface area contributed by atoms with Gasteiger partial charge in [-0.25, -0.2) is 0 Å². The van der Waals surface area contributed by atoms with E-state index in [-0.39, 0.29) is 5.70 Å². The maximum Gasteiger partial charge on any atom is 0.313 e. The summed E-state index contributed by atoms with van der Waals surface area (Å²) in [6.45, 7) is 3.54. The third kappa shape index (κ3) is 3.22. The molecule has 0 bridgehead atoms. The smallest absolute Gasteiger partial charge is 0.313 e. The molecule has 0 aromatic heterocycles. The zero-order valence-corrected chi connectivity index (χ0v) is 16.4. The molecule has 0 amide bonds. The van der Waals surface area contributed by atoms with E-state index < -0.39 is 27.5 Å². The molecule has 2 rings (SSSR count). The molecule has 0 saturated carbocycles. The average molecular weight is 379 g/mol. The fourth-order valence-electron chi connectivity index (χ4n) is 3.43. The number of carboxylic acid groups (broad SMARTS) is 1. The van der Waals surface area contributed by atoms with Gasteiger partial charge in [0.15, 0.2) is 0 Å². The van der Waals surface area contributed by atoms with E-state index in [0.29, 0.717) is 11.3 Å². The van der Waals surface area contributed by atoms with Gasteiger partial charge in [0.05, 0.1) is 0 Å². The molecule has 8 heteroatoms. The van der Waals surface area contributed by atoms with Crippen molar-refractivity contribution in [1.29, 1.82) is 0 Å². The lowest BCUT2D eigenvalue weighted by molar-refractivity contribution is -0.143. The van der Waals surface area contributed by atoms with Crippen LogP contribution >= 0.6 is 0 Å². The first-order valence-electron chi connectivity index (χ1n) is 8.08. The summed E-state index contributed by atoms with van der Waals surface area (Å²) in [4.78, 5) is 12.1. The van der Waals surface area contributed by atoms with Crippen molar-refractivity contribution in [2.24, 2.45) is 17.1 Å². The molecule has 142 valence electrons. The molecular weight excluding hydrogens is 354 g/mol. The van der Waals surface area contributed by atoms with Crippen molar-refractivity contribution in [3.8, 4) is 0 Å². The highest BCUT2D eigenvalue weighted by Gasteiger charge is 2.47. The molecule has 0 fully saturated rings. The number of rotatable bonds is 5. The number of hydrogen-bond donors (Lipinski definition) is 2. The van der Waals surface area contributed by atoms with Crippen LogP contribution in [0.3, 0.4) is 0 Å². The van der Waals surface area contributed by atoms with E-state index in [4.69, 9.17) is 5.73 Å². The van der Waals surface area contributed by atoms with Gasteiger partial charge in [-0.2, -0.15) is 12.7 Å². The van der Waals surface area contributed by atoms with Gasteiger partial charge in [-0.3, -0.25) is 9.10 Å². The van der Waals surface area contributed by atoms with Crippen molar-refractivity contribution >= 4 is 21.8 Å². The number of nitrogens with two attached hydrogens (primary N) is 1. The number of allylic oxidation sites excluding steroid dienone is 2. The lowest BCUT2D eigenvalue weighted by atomic mass is 9.66. The second kappa shape index (κ2) is 6.77. The summed E-state index contributed by atoms with van der Waals surface area (Å²) in [6.07, 6.45) is 1.45. The summed E-state index contributed by atoms with van der Waals surface area (Å²) >= 11 is 0. The topological polar surface area (TPSA) is 104 Å². The predicted octanol–water partition coefficient (Wildman–Crippen LogP) is 1.72. The Hall–Kier alpha value is -2.32. The largest absolute Gasteiger partial charge is 0.481 e. The Morgan fingerprint density at radius 2 is 1.69 bits per heavy atom. The van der Waals surface area contributed by atoms with Crippen LogP contribution in [-0.4, -0.2) is 49.2 Å². The Kier molecular flexibility index (Phi) is 5.21. The highest BCUT2D eigenvalue weighted by Crippen LogP contribution is 2.49. The van der Waals surface area contributed by atoms with Crippen molar-refractivity contribution in [1.82, 2.24) is 8.61 Å². The van der Waals surface area contributed by atoms with Crippen LogP contribution in [0.2, 0.25) is 0 Å². The van der Waals surface area contributed by atoms with E-state index in [1.807, 2.05) is 30.3 Å². The Balaban J connectivity index is 2.73. The summed E-state index contributed by atoms with van der Waals surface area (Å²) in [6, 6.07) is 9.29. The van der Waals surface area contributed by atoms with Crippen molar-refractivity contribution in [3.63, 3.8) is 0 Å². The van der Waals surface area contributed by atoms with Gasteiger partial charge >= 0.3 is 16.2 Å². The molecule has 7 nitrogen and oxygen atoms in total. The number of benzene rings is 1. The number of aliphatic carboxylic acids is 1. The number of carbonyl (C=O) groups is 1. The van der Waals surface area contributed by atoms with Crippen LogP contribution in [0.25, 0.3) is 5.57 Å². The molecule has 26 heavy (non-hydrogen) atoms.